The van der Waals surface area contributed by atoms with Crippen molar-refractivity contribution in [2.45, 2.75) is 18.7 Å². The van der Waals surface area contributed by atoms with Gasteiger partial charge < -0.3 is 14.8 Å². The lowest BCUT2D eigenvalue weighted by molar-refractivity contribution is 0.102. The van der Waals surface area contributed by atoms with E-state index in [2.05, 4.69) is 10.0 Å². The van der Waals surface area contributed by atoms with Crippen LogP contribution in [0.3, 0.4) is 0 Å². The molecule has 0 heterocycles. The normalized spacial score (nSPS) is 10.9. The SMILES string of the molecule is CCOc1ccc(NC(=O)c2ccc(S(=O)(=O)Nc3ccccc3)cc2)cc1OCC. The van der Waals surface area contributed by atoms with Crippen molar-refractivity contribution in [3.05, 3.63) is 78.4 Å². The van der Waals surface area contributed by atoms with Crippen molar-refractivity contribution >= 4 is 27.3 Å². The van der Waals surface area contributed by atoms with Gasteiger partial charge in [0.2, 0.25) is 0 Å². The van der Waals surface area contributed by atoms with Crippen LogP contribution in [0.5, 0.6) is 11.5 Å². The molecule has 0 spiro atoms. The molecule has 31 heavy (non-hydrogen) atoms. The molecular weight excluding hydrogens is 416 g/mol. The molecule has 0 fully saturated rings. The summed E-state index contributed by atoms with van der Waals surface area (Å²) in [4.78, 5) is 12.7. The van der Waals surface area contributed by atoms with Crippen LogP contribution in [0.15, 0.2) is 77.7 Å². The van der Waals surface area contributed by atoms with E-state index in [-0.39, 0.29) is 10.8 Å². The maximum Gasteiger partial charge on any atom is 0.261 e. The number of benzene rings is 3. The standard InChI is InChI=1S/C23H24N2O5S/c1-3-29-21-15-12-19(16-22(21)30-4-2)24-23(26)17-10-13-20(14-11-17)31(27,28)25-18-8-6-5-7-9-18/h5-16,25H,3-4H2,1-2H3,(H,24,26). The van der Waals surface area contributed by atoms with E-state index >= 15 is 0 Å². The maximum absolute atomic E-state index is 12.6. The summed E-state index contributed by atoms with van der Waals surface area (Å²) in [6, 6.07) is 19.4. The second-order valence-corrected chi connectivity index (χ2v) is 8.16. The average molecular weight is 441 g/mol. The summed E-state index contributed by atoms with van der Waals surface area (Å²) in [6.07, 6.45) is 0. The largest absolute Gasteiger partial charge is 0.490 e. The van der Waals surface area contributed by atoms with Crippen LogP contribution in [-0.4, -0.2) is 27.5 Å². The van der Waals surface area contributed by atoms with Gasteiger partial charge in [-0.05, 0) is 62.4 Å². The molecule has 0 aromatic heterocycles. The molecule has 0 atom stereocenters. The Morgan fingerprint density at radius 3 is 2.10 bits per heavy atom. The van der Waals surface area contributed by atoms with Crippen molar-refractivity contribution < 1.29 is 22.7 Å². The number of nitrogens with one attached hydrogen (secondary N) is 2. The highest BCUT2D eigenvalue weighted by atomic mass is 32.2. The number of amides is 1. The molecule has 0 unspecified atom stereocenters. The van der Waals surface area contributed by atoms with Crippen molar-refractivity contribution in [2.75, 3.05) is 23.3 Å². The zero-order valence-electron chi connectivity index (χ0n) is 17.3. The second-order valence-electron chi connectivity index (χ2n) is 6.48. The summed E-state index contributed by atoms with van der Waals surface area (Å²) >= 11 is 0. The number of sulfonamides is 1. The fourth-order valence-electron chi connectivity index (χ4n) is 2.84. The number of para-hydroxylation sites is 1. The minimum atomic E-state index is -3.75. The van der Waals surface area contributed by atoms with E-state index in [0.29, 0.717) is 41.7 Å². The average Bonchev–Trinajstić information content (AvgIpc) is 2.76. The molecule has 3 rings (SSSR count). The molecule has 0 aliphatic carbocycles. The molecule has 162 valence electrons. The van der Waals surface area contributed by atoms with Gasteiger partial charge in [-0.1, -0.05) is 18.2 Å². The Balaban J connectivity index is 1.72. The Hall–Kier alpha value is -3.52. The molecule has 0 radical (unpaired) electrons. The van der Waals surface area contributed by atoms with E-state index < -0.39 is 10.0 Å². The first-order valence-corrected chi connectivity index (χ1v) is 11.3. The van der Waals surface area contributed by atoms with Crippen LogP contribution in [0.1, 0.15) is 24.2 Å². The van der Waals surface area contributed by atoms with Gasteiger partial charge in [-0.3, -0.25) is 9.52 Å². The summed E-state index contributed by atoms with van der Waals surface area (Å²) in [7, 11) is -3.75. The van der Waals surface area contributed by atoms with Crippen LogP contribution in [0.25, 0.3) is 0 Å². The number of hydrogen-bond acceptors (Lipinski definition) is 5. The molecule has 0 aliphatic heterocycles. The van der Waals surface area contributed by atoms with E-state index in [9.17, 15) is 13.2 Å². The number of rotatable bonds is 9. The first-order chi connectivity index (χ1) is 14.9. The van der Waals surface area contributed by atoms with Gasteiger partial charge >= 0.3 is 0 Å². The van der Waals surface area contributed by atoms with E-state index in [1.807, 2.05) is 13.8 Å². The molecular formula is C23H24N2O5S. The van der Waals surface area contributed by atoms with Gasteiger partial charge in [-0.25, -0.2) is 8.42 Å². The Bertz CT molecular complexity index is 1130. The first-order valence-electron chi connectivity index (χ1n) is 9.82. The van der Waals surface area contributed by atoms with Gasteiger partial charge in [0.05, 0.1) is 18.1 Å². The lowest BCUT2D eigenvalue weighted by Gasteiger charge is -2.13. The van der Waals surface area contributed by atoms with Crippen LogP contribution in [0.2, 0.25) is 0 Å². The highest BCUT2D eigenvalue weighted by molar-refractivity contribution is 7.92. The molecule has 3 aromatic carbocycles. The third kappa shape index (κ3) is 5.76. The van der Waals surface area contributed by atoms with E-state index in [1.54, 1.807) is 48.5 Å². The zero-order chi connectivity index (χ0) is 22.3. The van der Waals surface area contributed by atoms with Crippen molar-refractivity contribution in [3.8, 4) is 11.5 Å². The molecule has 0 saturated carbocycles. The Morgan fingerprint density at radius 1 is 0.806 bits per heavy atom. The van der Waals surface area contributed by atoms with Crippen molar-refractivity contribution in [1.82, 2.24) is 0 Å². The number of hydrogen-bond donors (Lipinski definition) is 2. The first kappa shape index (κ1) is 22.2. The van der Waals surface area contributed by atoms with Gasteiger partial charge in [0.1, 0.15) is 0 Å². The van der Waals surface area contributed by atoms with Crippen LogP contribution in [0, 0.1) is 0 Å². The molecule has 1 amide bonds. The quantitative estimate of drug-likeness (QED) is 0.510. The van der Waals surface area contributed by atoms with Crippen LogP contribution >= 0.6 is 0 Å². The molecule has 2 N–H and O–H groups in total. The van der Waals surface area contributed by atoms with Gasteiger partial charge in [0, 0.05) is 23.0 Å². The summed E-state index contributed by atoms with van der Waals surface area (Å²) < 4.78 is 38.6. The Kier molecular flexibility index (Phi) is 7.15. The van der Waals surface area contributed by atoms with Gasteiger partial charge in [-0.15, -0.1) is 0 Å². The molecule has 0 bridgehead atoms. The lowest BCUT2D eigenvalue weighted by atomic mass is 10.2. The minimum absolute atomic E-state index is 0.0626. The smallest absolute Gasteiger partial charge is 0.261 e. The van der Waals surface area contributed by atoms with Crippen molar-refractivity contribution in [3.63, 3.8) is 0 Å². The molecule has 7 nitrogen and oxygen atoms in total. The maximum atomic E-state index is 12.6. The fourth-order valence-corrected chi connectivity index (χ4v) is 3.90. The molecule has 0 saturated heterocycles. The number of carbonyl (C=O) groups is 1. The summed E-state index contributed by atoms with van der Waals surface area (Å²) in [5.41, 5.74) is 1.33. The third-order valence-corrected chi connectivity index (χ3v) is 5.65. The Morgan fingerprint density at radius 2 is 1.45 bits per heavy atom. The number of anilines is 2. The lowest BCUT2D eigenvalue weighted by Crippen LogP contribution is -2.15. The van der Waals surface area contributed by atoms with E-state index in [4.69, 9.17) is 9.47 Å². The summed E-state index contributed by atoms with van der Waals surface area (Å²) in [6.45, 7) is 4.71. The Labute approximate surface area is 182 Å². The second kappa shape index (κ2) is 9.99. The van der Waals surface area contributed by atoms with Crippen LogP contribution < -0.4 is 19.5 Å². The van der Waals surface area contributed by atoms with E-state index in [1.165, 1.54) is 24.3 Å². The fraction of sp³-hybridized carbons (Fsp3) is 0.174. The predicted octanol–water partition coefficient (Wildman–Crippen LogP) is 4.54. The molecule has 3 aromatic rings. The predicted molar refractivity (Wildman–Crippen MR) is 120 cm³/mol. The number of ether oxygens (including phenoxy) is 2. The van der Waals surface area contributed by atoms with Crippen LogP contribution in [0.4, 0.5) is 11.4 Å². The highest BCUT2D eigenvalue weighted by Gasteiger charge is 2.16. The van der Waals surface area contributed by atoms with Gasteiger partial charge in [0.15, 0.2) is 11.5 Å². The molecule has 0 aliphatic rings. The minimum Gasteiger partial charge on any atom is -0.490 e. The summed E-state index contributed by atoms with van der Waals surface area (Å²) in [5.74, 6) is 0.768. The topological polar surface area (TPSA) is 93.7 Å². The monoisotopic (exact) mass is 440 g/mol. The number of carbonyl (C=O) groups excluding carboxylic acids is 1. The van der Waals surface area contributed by atoms with Crippen LogP contribution in [-0.2, 0) is 10.0 Å². The summed E-state index contributed by atoms with van der Waals surface area (Å²) in [5, 5.41) is 2.78. The zero-order valence-corrected chi connectivity index (χ0v) is 18.1. The van der Waals surface area contributed by atoms with Crippen molar-refractivity contribution in [2.24, 2.45) is 0 Å². The van der Waals surface area contributed by atoms with Crippen molar-refractivity contribution in [1.29, 1.82) is 0 Å². The highest BCUT2D eigenvalue weighted by Crippen LogP contribution is 2.31. The van der Waals surface area contributed by atoms with Gasteiger partial charge in [0.25, 0.3) is 15.9 Å². The van der Waals surface area contributed by atoms with E-state index in [0.717, 1.165) is 0 Å². The third-order valence-electron chi connectivity index (χ3n) is 4.25. The van der Waals surface area contributed by atoms with Gasteiger partial charge in [-0.2, -0.15) is 0 Å². The molecule has 8 heteroatoms.